The van der Waals surface area contributed by atoms with E-state index in [2.05, 4.69) is 5.32 Å². The van der Waals surface area contributed by atoms with E-state index < -0.39 is 12.1 Å². The first-order valence-electron chi connectivity index (χ1n) is 16.4. The van der Waals surface area contributed by atoms with Gasteiger partial charge in [-0.3, -0.25) is 9.59 Å². The van der Waals surface area contributed by atoms with E-state index in [1.54, 1.807) is 22.9 Å². The fourth-order valence-corrected chi connectivity index (χ4v) is 6.70. The van der Waals surface area contributed by atoms with Gasteiger partial charge >= 0.3 is 129 Å². The van der Waals surface area contributed by atoms with Crippen molar-refractivity contribution in [3.05, 3.63) is 69.8 Å². The number of benzene rings is 2. The Morgan fingerprint density at radius 3 is 2.13 bits per heavy atom. The molecule has 1 fully saturated rings. The Labute approximate surface area is 276 Å². The molecule has 3 aliphatic heterocycles. The monoisotopic (exact) mass is 641 g/mol. The molecule has 1 N–H and O–H groups in total. The topological polar surface area (TPSA) is 126 Å². The number of fused-ring (bicyclic) bond motifs is 2. The molecular formula is C35H42BN4O7. The molecule has 0 aromatic heterocycles. The quantitative estimate of drug-likeness (QED) is 0.150. The van der Waals surface area contributed by atoms with Gasteiger partial charge in [-0.2, -0.15) is 0 Å². The molecule has 0 spiro atoms. The Morgan fingerprint density at radius 2 is 1.55 bits per heavy atom. The van der Waals surface area contributed by atoms with Gasteiger partial charge in [-0.25, -0.2) is 0 Å². The Hall–Kier alpha value is -4.16. The number of likely N-dealkylation sites (tertiary alicyclic amines) is 1. The molecule has 0 saturated carbocycles. The summed E-state index contributed by atoms with van der Waals surface area (Å²) in [6.45, 7) is 3.40. The third kappa shape index (κ3) is 7.71. The standard InChI is InChI=1S/C35H42BN4O7/c1-37-32(42)13-12-26(22-41)39-20-29-24(6-2-10-27(29)33(39)43)8-4-16-46-18-19-47-17-5-9-25-7-3-11-28-30(25)21-40(34(28)44)31-14-15-38(23-36)35(31)45/h2-3,6-7,10-11,22-23,26,31H,4-5,8-9,12-21H2,1H3,(H,37,42). The predicted octanol–water partition coefficient (Wildman–Crippen LogP) is 1.82. The molecular weight excluding hydrogens is 599 g/mol. The van der Waals surface area contributed by atoms with Gasteiger partial charge in [-0.1, -0.05) is 12.1 Å². The summed E-state index contributed by atoms with van der Waals surface area (Å²) in [5.41, 5.74) is 5.40. The number of carbonyl (C=O) groups excluding carboxylic acids is 5. The van der Waals surface area contributed by atoms with E-state index in [-0.39, 0.29) is 30.0 Å². The number of hydrogen-bond acceptors (Lipinski definition) is 7. The molecule has 3 heterocycles. The maximum absolute atomic E-state index is 13.1. The van der Waals surface area contributed by atoms with E-state index in [4.69, 9.17) is 17.0 Å². The summed E-state index contributed by atoms with van der Waals surface area (Å²) in [6.07, 6.45) is 6.19. The molecule has 4 amide bonds. The summed E-state index contributed by atoms with van der Waals surface area (Å²) in [6, 6.07) is 10.3. The average Bonchev–Trinajstić information content (AvgIpc) is 3.74. The zero-order valence-corrected chi connectivity index (χ0v) is 26.9. The van der Waals surface area contributed by atoms with Crippen LogP contribution in [0.25, 0.3) is 0 Å². The average molecular weight is 642 g/mol. The maximum atomic E-state index is 13.1. The third-order valence-electron chi connectivity index (χ3n) is 9.30. The first kappa shape index (κ1) is 34.2. The van der Waals surface area contributed by atoms with Crippen molar-refractivity contribution in [3.63, 3.8) is 0 Å². The summed E-state index contributed by atoms with van der Waals surface area (Å²) in [4.78, 5) is 66.8. The van der Waals surface area contributed by atoms with Crippen LogP contribution in [0.2, 0.25) is 0 Å². The molecule has 5 rings (SSSR count). The molecule has 11 nitrogen and oxygen atoms in total. The molecule has 47 heavy (non-hydrogen) atoms. The van der Waals surface area contributed by atoms with Crippen LogP contribution >= 0.6 is 0 Å². The fourth-order valence-electron chi connectivity index (χ4n) is 6.70. The molecule has 2 aromatic carbocycles. The number of amides is 4. The zero-order chi connectivity index (χ0) is 33.3. The molecule has 0 aliphatic carbocycles. The van der Waals surface area contributed by atoms with Crippen molar-refractivity contribution in [3.8, 4) is 0 Å². The first-order valence-corrected chi connectivity index (χ1v) is 16.4. The van der Waals surface area contributed by atoms with Crippen LogP contribution in [-0.2, 0) is 49.8 Å². The van der Waals surface area contributed by atoms with Crippen molar-refractivity contribution >= 4 is 43.5 Å². The number of carbonyl (C=O) groups is 5. The van der Waals surface area contributed by atoms with Gasteiger partial charge in [-0.05, 0) is 36.5 Å². The van der Waals surface area contributed by atoms with Crippen molar-refractivity contribution in [2.24, 2.45) is 0 Å². The van der Waals surface area contributed by atoms with Gasteiger partial charge in [0.05, 0.1) is 19.3 Å². The minimum atomic E-state index is -0.637. The van der Waals surface area contributed by atoms with Crippen LogP contribution in [0.15, 0.2) is 36.4 Å². The number of aryl methyl sites for hydroxylation is 2. The number of nitrogens with zero attached hydrogens (tertiary/aromatic N) is 3. The van der Waals surface area contributed by atoms with Gasteiger partial charge in [0.15, 0.2) is 0 Å². The first-order chi connectivity index (χ1) is 22.9. The van der Waals surface area contributed by atoms with Crippen LogP contribution in [0.5, 0.6) is 0 Å². The number of rotatable bonds is 18. The second kappa shape index (κ2) is 16.1. The predicted molar refractivity (Wildman–Crippen MR) is 176 cm³/mol. The Bertz CT molecular complexity index is 1510. The molecule has 2 aromatic rings. The zero-order valence-electron chi connectivity index (χ0n) is 26.9. The van der Waals surface area contributed by atoms with E-state index in [0.29, 0.717) is 70.0 Å². The molecule has 2 unspecified atom stereocenters. The Kier molecular flexibility index (Phi) is 11.7. The van der Waals surface area contributed by atoms with Crippen molar-refractivity contribution in [1.29, 1.82) is 0 Å². The molecule has 1 radical (unpaired) electrons. The normalized spacial score (nSPS) is 17.7. The van der Waals surface area contributed by atoms with Gasteiger partial charge in [0.1, 0.15) is 6.29 Å². The number of aldehydes is 1. The molecule has 2 atom stereocenters. The molecule has 12 heteroatoms. The van der Waals surface area contributed by atoms with E-state index >= 15 is 0 Å². The molecule has 247 valence electrons. The van der Waals surface area contributed by atoms with E-state index in [1.165, 1.54) is 11.0 Å². The molecule has 3 aliphatic rings. The Morgan fingerprint density at radius 1 is 0.936 bits per heavy atom. The second-order valence-electron chi connectivity index (χ2n) is 12.1. The SMILES string of the molecule is [B]=CN1CCC(N2Cc3c(CCCOCCOCCCc4cccc5c4CN(C(C=O)CCC(=O)NC)C5=O)cccc3C2=O)C1=O. The summed E-state index contributed by atoms with van der Waals surface area (Å²) in [7, 11) is 7.10. The molecule has 1 saturated heterocycles. The van der Waals surface area contributed by atoms with E-state index in [1.807, 2.05) is 30.3 Å². The van der Waals surface area contributed by atoms with Crippen LogP contribution in [0, 0.1) is 0 Å². The summed E-state index contributed by atoms with van der Waals surface area (Å²) in [5, 5.41) is 2.55. The van der Waals surface area contributed by atoms with E-state index in [9.17, 15) is 24.0 Å². The third-order valence-corrected chi connectivity index (χ3v) is 9.30. The number of hydrogen-bond donors (Lipinski definition) is 1. The number of ether oxygens (including phenoxy) is 2. The van der Waals surface area contributed by atoms with Gasteiger partial charge < -0.3 is 19.7 Å². The summed E-state index contributed by atoms with van der Waals surface area (Å²) in [5.74, 6) is -0.554. The summed E-state index contributed by atoms with van der Waals surface area (Å²) >= 11 is 0. The fraction of sp³-hybridized carbons (Fsp3) is 0.486. The van der Waals surface area contributed by atoms with Gasteiger partial charge in [0.25, 0.3) is 5.91 Å². The van der Waals surface area contributed by atoms with Crippen molar-refractivity contribution in [2.45, 2.75) is 70.1 Å². The van der Waals surface area contributed by atoms with Gasteiger partial charge in [0, 0.05) is 32.2 Å². The van der Waals surface area contributed by atoms with Crippen LogP contribution < -0.4 is 5.32 Å². The van der Waals surface area contributed by atoms with Crippen molar-refractivity contribution in [2.75, 3.05) is 40.0 Å². The van der Waals surface area contributed by atoms with Gasteiger partial charge in [-0.15, -0.1) is 0 Å². The van der Waals surface area contributed by atoms with Gasteiger partial charge in [0.2, 0.25) is 5.91 Å². The Balaban J connectivity index is 0.986. The van der Waals surface area contributed by atoms with E-state index in [0.717, 1.165) is 54.2 Å². The molecule has 0 bridgehead atoms. The minimum absolute atomic E-state index is 0.0966. The second-order valence-corrected chi connectivity index (χ2v) is 12.1. The number of nitrogens with one attached hydrogen (secondary N) is 1. The van der Waals surface area contributed by atoms with Crippen LogP contribution in [-0.4, -0.2) is 110 Å². The van der Waals surface area contributed by atoms with Crippen molar-refractivity contribution in [1.82, 2.24) is 20.0 Å². The van der Waals surface area contributed by atoms with Crippen LogP contribution in [0.3, 0.4) is 0 Å². The van der Waals surface area contributed by atoms with Crippen molar-refractivity contribution < 1.29 is 33.4 Å². The van der Waals surface area contributed by atoms with Crippen LogP contribution in [0.1, 0.15) is 75.1 Å². The van der Waals surface area contributed by atoms with Crippen LogP contribution in [0.4, 0.5) is 0 Å². The summed E-state index contributed by atoms with van der Waals surface area (Å²) < 4.78 is 11.6.